The molecule has 0 unspecified atom stereocenters. The van der Waals surface area contributed by atoms with Crippen LogP contribution in [0.15, 0.2) is 42.5 Å². The van der Waals surface area contributed by atoms with E-state index >= 15 is 0 Å². The number of pyridine rings is 1. The van der Waals surface area contributed by atoms with E-state index in [2.05, 4.69) is 48.2 Å². The van der Waals surface area contributed by atoms with E-state index in [1.54, 1.807) is 0 Å². The van der Waals surface area contributed by atoms with E-state index in [-0.39, 0.29) is 0 Å². The Labute approximate surface area is 120 Å². The van der Waals surface area contributed by atoms with E-state index in [4.69, 9.17) is 9.72 Å². The van der Waals surface area contributed by atoms with Crippen molar-refractivity contribution >= 4 is 5.82 Å². The summed E-state index contributed by atoms with van der Waals surface area (Å²) in [5.41, 5.74) is 3.57. The third-order valence-electron chi connectivity index (χ3n) is 3.68. The van der Waals surface area contributed by atoms with Crippen molar-refractivity contribution in [2.24, 2.45) is 0 Å². The minimum atomic E-state index is 0.790. The van der Waals surface area contributed by atoms with E-state index < -0.39 is 0 Å². The SMILES string of the molecule is CCc1cc(-c2ccccc2)nc(N2CCOCC2)c1. The van der Waals surface area contributed by atoms with Crippen molar-refractivity contribution < 1.29 is 4.74 Å². The predicted molar refractivity (Wildman–Crippen MR) is 82.1 cm³/mol. The lowest BCUT2D eigenvalue weighted by Gasteiger charge is -2.28. The molecule has 1 aliphatic rings. The molecule has 1 aliphatic heterocycles. The van der Waals surface area contributed by atoms with E-state index in [9.17, 15) is 0 Å². The van der Waals surface area contributed by atoms with Gasteiger partial charge in [0.2, 0.25) is 0 Å². The lowest BCUT2D eigenvalue weighted by Crippen LogP contribution is -2.36. The summed E-state index contributed by atoms with van der Waals surface area (Å²) in [7, 11) is 0. The smallest absolute Gasteiger partial charge is 0.129 e. The van der Waals surface area contributed by atoms with Crippen LogP contribution in [0.2, 0.25) is 0 Å². The number of hydrogen-bond acceptors (Lipinski definition) is 3. The van der Waals surface area contributed by atoms with Crippen LogP contribution in [0.4, 0.5) is 5.82 Å². The summed E-state index contributed by atoms with van der Waals surface area (Å²) in [5, 5.41) is 0. The third-order valence-corrected chi connectivity index (χ3v) is 3.68. The molecule has 1 fully saturated rings. The Hall–Kier alpha value is -1.87. The van der Waals surface area contributed by atoms with Crippen molar-refractivity contribution in [1.29, 1.82) is 0 Å². The maximum atomic E-state index is 5.42. The van der Waals surface area contributed by atoms with Crippen LogP contribution in [0.25, 0.3) is 11.3 Å². The van der Waals surface area contributed by atoms with Crippen molar-refractivity contribution in [3.8, 4) is 11.3 Å². The Balaban J connectivity index is 1.98. The largest absolute Gasteiger partial charge is 0.378 e. The zero-order valence-electron chi connectivity index (χ0n) is 11.9. The van der Waals surface area contributed by atoms with Crippen LogP contribution in [0, 0.1) is 0 Å². The first-order valence-electron chi connectivity index (χ1n) is 7.26. The second kappa shape index (κ2) is 6.06. The summed E-state index contributed by atoms with van der Waals surface area (Å²) < 4.78 is 5.42. The van der Waals surface area contributed by atoms with Crippen molar-refractivity contribution in [3.63, 3.8) is 0 Å². The van der Waals surface area contributed by atoms with E-state index in [1.807, 2.05) is 6.07 Å². The van der Waals surface area contributed by atoms with Gasteiger partial charge in [0.15, 0.2) is 0 Å². The molecule has 2 aromatic rings. The van der Waals surface area contributed by atoms with Gasteiger partial charge in [0, 0.05) is 18.7 Å². The van der Waals surface area contributed by atoms with Gasteiger partial charge in [0.1, 0.15) is 5.82 Å². The van der Waals surface area contributed by atoms with Gasteiger partial charge < -0.3 is 9.64 Å². The Morgan fingerprint density at radius 2 is 1.85 bits per heavy atom. The summed E-state index contributed by atoms with van der Waals surface area (Å²) in [6, 6.07) is 14.8. The van der Waals surface area contributed by atoms with Gasteiger partial charge in [0.25, 0.3) is 0 Å². The summed E-state index contributed by atoms with van der Waals surface area (Å²) in [4.78, 5) is 7.16. The Morgan fingerprint density at radius 3 is 2.55 bits per heavy atom. The fourth-order valence-electron chi connectivity index (χ4n) is 2.49. The molecule has 0 spiro atoms. The van der Waals surface area contributed by atoms with Gasteiger partial charge in [0.05, 0.1) is 18.9 Å². The van der Waals surface area contributed by atoms with Crippen LogP contribution in [-0.2, 0) is 11.2 Å². The topological polar surface area (TPSA) is 25.4 Å². The van der Waals surface area contributed by atoms with Crippen LogP contribution in [-0.4, -0.2) is 31.3 Å². The summed E-state index contributed by atoms with van der Waals surface area (Å²) in [5.74, 6) is 1.08. The van der Waals surface area contributed by atoms with Gasteiger partial charge in [-0.05, 0) is 24.1 Å². The molecule has 0 radical (unpaired) electrons. The van der Waals surface area contributed by atoms with Crippen LogP contribution in [0.1, 0.15) is 12.5 Å². The Morgan fingerprint density at radius 1 is 1.10 bits per heavy atom. The molecule has 3 rings (SSSR count). The van der Waals surface area contributed by atoms with Crippen LogP contribution in [0.3, 0.4) is 0 Å². The molecule has 0 N–H and O–H groups in total. The first-order valence-corrected chi connectivity index (χ1v) is 7.26. The lowest BCUT2D eigenvalue weighted by atomic mass is 10.1. The highest BCUT2D eigenvalue weighted by atomic mass is 16.5. The average molecular weight is 268 g/mol. The molecule has 0 atom stereocenters. The van der Waals surface area contributed by atoms with Crippen LogP contribution >= 0.6 is 0 Å². The lowest BCUT2D eigenvalue weighted by molar-refractivity contribution is 0.122. The van der Waals surface area contributed by atoms with Crippen molar-refractivity contribution in [3.05, 3.63) is 48.0 Å². The fraction of sp³-hybridized carbons (Fsp3) is 0.353. The number of morpholine rings is 1. The first kappa shape index (κ1) is 13.1. The molecular formula is C17H20N2O. The number of aromatic nitrogens is 1. The molecule has 0 aliphatic carbocycles. The Kier molecular flexibility index (Phi) is 3.97. The molecule has 3 heteroatoms. The minimum absolute atomic E-state index is 0.790. The fourth-order valence-corrected chi connectivity index (χ4v) is 2.49. The normalized spacial score (nSPS) is 15.3. The number of rotatable bonds is 3. The summed E-state index contributed by atoms with van der Waals surface area (Å²) >= 11 is 0. The minimum Gasteiger partial charge on any atom is -0.378 e. The summed E-state index contributed by atoms with van der Waals surface area (Å²) in [6.07, 6.45) is 1.03. The zero-order chi connectivity index (χ0) is 13.8. The maximum Gasteiger partial charge on any atom is 0.129 e. The highest BCUT2D eigenvalue weighted by molar-refractivity contribution is 5.63. The van der Waals surface area contributed by atoms with E-state index in [0.717, 1.165) is 44.2 Å². The summed E-state index contributed by atoms with van der Waals surface area (Å²) in [6.45, 7) is 5.62. The quantitative estimate of drug-likeness (QED) is 0.855. The highest BCUT2D eigenvalue weighted by Gasteiger charge is 2.14. The van der Waals surface area contributed by atoms with E-state index in [0.29, 0.717) is 0 Å². The van der Waals surface area contributed by atoms with Crippen LogP contribution in [0.5, 0.6) is 0 Å². The van der Waals surface area contributed by atoms with Gasteiger partial charge in [-0.25, -0.2) is 4.98 Å². The maximum absolute atomic E-state index is 5.42. The van der Waals surface area contributed by atoms with Crippen molar-refractivity contribution in [2.45, 2.75) is 13.3 Å². The van der Waals surface area contributed by atoms with Gasteiger partial charge in [-0.15, -0.1) is 0 Å². The highest BCUT2D eigenvalue weighted by Crippen LogP contribution is 2.23. The average Bonchev–Trinajstić information content (AvgIpc) is 2.56. The van der Waals surface area contributed by atoms with Crippen molar-refractivity contribution in [2.75, 3.05) is 31.2 Å². The van der Waals surface area contributed by atoms with Crippen LogP contribution < -0.4 is 4.90 Å². The second-order valence-corrected chi connectivity index (χ2v) is 5.04. The number of hydrogen-bond donors (Lipinski definition) is 0. The molecule has 20 heavy (non-hydrogen) atoms. The monoisotopic (exact) mass is 268 g/mol. The zero-order valence-corrected chi connectivity index (χ0v) is 11.9. The second-order valence-electron chi connectivity index (χ2n) is 5.04. The van der Waals surface area contributed by atoms with Gasteiger partial charge in [-0.3, -0.25) is 0 Å². The Bertz CT molecular complexity index is 562. The van der Waals surface area contributed by atoms with E-state index in [1.165, 1.54) is 11.1 Å². The van der Waals surface area contributed by atoms with Crippen molar-refractivity contribution in [1.82, 2.24) is 4.98 Å². The molecule has 3 nitrogen and oxygen atoms in total. The molecule has 0 bridgehead atoms. The van der Waals surface area contributed by atoms with Gasteiger partial charge in [-0.2, -0.15) is 0 Å². The molecule has 0 amide bonds. The first-order chi connectivity index (χ1) is 9.86. The molecule has 1 aromatic heterocycles. The predicted octanol–water partition coefficient (Wildman–Crippen LogP) is 3.15. The number of ether oxygens (including phenoxy) is 1. The molecule has 1 aromatic carbocycles. The number of benzene rings is 1. The number of aryl methyl sites for hydroxylation is 1. The molecule has 104 valence electrons. The molecule has 0 saturated carbocycles. The molecule has 2 heterocycles. The van der Waals surface area contributed by atoms with Gasteiger partial charge in [-0.1, -0.05) is 37.3 Å². The molecular weight excluding hydrogens is 248 g/mol. The number of nitrogens with zero attached hydrogens (tertiary/aromatic N) is 2. The number of anilines is 1. The standard InChI is InChI=1S/C17H20N2O/c1-2-14-12-16(15-6-4-3-5-7-15)18-17(13-14)19-8-10-20-11-9-19/h3-7,12-13H,2,8-11H2,1H3. The van der Waals surface area contributed by atoms with Gasteiger partial charge >= 0.3 is 0 Å². The third kappa shape index (κ3) is 2.83. The molecule has 1 saturated heterocycles.